The smallest absolute Gasteiger partial charge is 0.247 e. The van der Waals surface area contributed by atoms with Gasteiger partial charge < -0.3 is 10.2 Å². The number of anilines is 1. The van der Waals surface area contributed by atoms with Crippen LogP contribution in [-0.4, -0.2) is 9.97 Å². The van der Waals surface area contributed by atoms with E-state index in [1.54, 1.807) is 24.3 Å². The zero-order valence-corrected chi connectivity index (χ0v) is 10.5. The lowest BCUT2D eigenvalue weighted by molar-refractivity contribution is 0.608. The molecule has 0 amide bonds. The van der Waals surface area contributed by atoms with Crippen molar-refractivity contribution in [1.82, 2.24) is 9.97 Å². The van der Waals surface area contributed by atoms with Gasteiger partial charge in [-0.15, -0.1) is 0 Å². The second kappa shape index (κ2) is 4.15. The van der Waals surface area contributed by atoms with Crippen LogP contribution in [0.25, 0.3) is 22.7 Å². The molecule has 18 heavy (non-hydrogen) atoms. The molecule has 0 aliphatic carbocycles. The molecule has 90 valence electrons. The molecule has 0 unspecified atom stereocenters. The van der Waals surface area contributed by atoms with Crippen LogP contribution in [0, 0.1) is 0 Å². The predicted octanol–water partition coefficient (Wildman–Crippen LogP) is 3.78. The summed E-state index contributed by atoms with van der Waals surface area (Å²) >= 11 is 11.7. The maximum absolute atomic E-state index is 5.86. The Morgan fingerprint density at radius 2 is 2.00 bits per heavy atom. The number of nitrogens with zero attached hydrogens (tertiary/aromatic N) is 2. The molecule has 0 spiro atoms. The summed E-state index contributed by atoms with van der Waals surface area (Å²) in [6, 6.07) is 6.87. The number of aromatic nitrogens is 2. The second-order valence-corrected chi connectivity index (χ2v) is 4.58. The number of benzene rings is 1. The highest BCUT2D eigenvalue weighted by molar-refractivity contribution is 6.33. The second-order valence-electron chi connectivity index (χ2n) is 3.73. The van der Waals surface area contributed by atoms with Crippen LogP contribution >= 0.6 is 23.2 Å². The van der Waals surface area contributed by atoms with E-state index >= 15 is 0 Å². The highest BCUT2D eigenvalue weighted by Gasteiger charge is 2.10. The van der Waals surface area contributed by atoms with Gasteiger partial charge in [0.1, 0.15) is 5.52 Å². The SMILES string of the molecule is Nc1cc(-c2nc3cc(Cl)cnc3o2)ccc1Cl. The quantitative estimate of drug-likeness (QED) is 0.689. The Labute approximate surface area is 112 Å². The largest absolute Gasteiger partial charge is 0.418 e. The van der Waals surface area contributed by atoms with Gasteiger partial charge in [-0.25, -0.2) is 9.97 Å². The third-order valence-electron chi connectivity index (χ3n) is 2.46. The van der Waals surface area contributed by atoms with Crippen molar-refractivity contribution in [2.45, 2.75) is 0 Å². The zero-order valence-electron chi connectivity index (χ0n) is 9.02. The van der Waals surface area contributed by atoms with Crippen LogP contribution in [0.4, 0.5) is 5.69 Å². The van der Waals surface area contributed by atoms with Crippen molar-refractivity contribution in [3.63, 3.8) is 0 Å². The number of hydrogen-bond donors (Lipinski definition) is 1. The van der Waals surface area contributed by atoms with Crippen molar-refractivity contribution in [2.24, 2.45) is 0 Å². The molecule has 6 heteroatoms. The molecule has 2 N–H and O–H groups in total. The fraction of sp³-hybridized carbons (Fsp3) is 0. The van der Waals surface area contributed by atoms with E-state index in [0.717, 1.165) is 5.56 Å². The van der Waals surface area contributed by atoms with Gasteiger partial charge in [0.2, 0.25) is 11.6 Å². The zero-order chi connectivity index (χ0) is 12.7. The van der Waals surface area contributed by atoms with E-state index in [4.69, 9.17) is 33.4 Å². The van der Waals surface area contributed by atoms with E-state index in [-0.39, 0.29) is 0 Å². The molecule has 3 rings (SSSR count). The summed E-state index contributed by atoms with van der Waals surface area (Å²) in [5.41, 5.74) is 7.99. The molecule has 0 saturated heterocycles. The number of nitrogens with two attached hydrogens (primary N) is 1. The van der Waals surface area contributed by atoms with Crippen LogP contribution in [0.1, 0.15) is 0 Å². The first kappa shape index (κ1) is 11.3. The lowest BCUT2D eigenvalue weighted by Crippen LogP contribution is -1.87. The minimum Gasteiger partial charge on any atom is -0.418 e. The van der Waals surface area contributed by atoms with E-state index in [0.29, 0.717) is 32.9 Å². The van der Waals surface area contributed by atoms with Gasteiger partial charge in [0, 0.05) is 11.8 Å². The molecule has 0 fully saturated rings. The van der Waals surface area contributed by atoms with E-state index in [1.165, 1.54) is 6.20 Å². The van der Waals surface area contributed by atoms with E-state index in [1.807, 2.05) is 0 Å². The van der Waals surface area contributed by atoms with Crippen LogP contribution < -0.4 is 5.73 Å². The monoisotopic (exact) mass is 279 g/mol. The first-order chi connectivity index (χ1) is 8.63. The molecule has 4 nitrogen and oxygen atoms in total. The first-order valence-electron chi connectivity index (χ1n) is 5.11. The minimum atomic E-state index is 0.433. The molecular weight excluding hydrogens is 273 g/mol. The molecule has 0 aliphatic rings. The summed E-state index contributed by atoms with van der Waals surface area (Å²) in [5, 5.41) is 1.01. The lowest BCUT2D eigenvalue weighted by atomic mass is 10.2. The Bertz CT molecular complexity index is 739. The Balaban J connectivity index is 2.16. The maximum Gasteiger partial charge on any atom is 0.247 e. The van der Waals surface area contributed by atoms with Gasteiger partial charge in [0.05, 0.1) is 15.7 Å². The molecule has 2 aromatic heterocycles. The van der Waals surface area contributed by atoms with Gasteiger partial charge in [0.15, 0.2) is 0 Å². The summed E-state index contributed by atoms with van der Waals surface area (Å²) in [6.07, 6.45) is 1.51. The average molecular weight is 280 g/mol. The van der Waals surface area contributed by atoms with Gasteiger partial charge >= 0.3 is 0 Å². The molecule has 0 aliphatic heterocycles. The summed E-state index contributed by atoms with van der Waals surface area (Å²) < 4.78 is 5.52. The Kier molecular flexibility index (Phi) is 2.61. The summed E-state index contributed by atoms with van der Waals surface area (Å²) in [5.74, 6) is 0.433. The molecule has 0 saturated carbocycles. The molecule has 0 radical (unpaired) electrons. The fourth-order valence-corrected chi connectivity index (χ4v) is 1.87. The first-order valence-corrected chi connectivity index (χ1v) is 5.86. The Morgan fingerprint density at radius 1 is 1.17 bits per heavy atom. The molecule has 0 atom stereocenters. The number of nitrogen functional groups attached to an aromatic ring is 1. The summed E-state index contributed by atoms with van der Waals surface area (Å²) in [6.45, 7) is 0. The van der Waals surface area contributed by atoms with Crippen molar-refractivity contribution in [3.05, 3.63) is 40.5 Å². The summed E-state index contributed by atoms with van der Waals surface area (Å²) in [7, 11) is 0. The van der Waals surface area contributed by atoms with Crippen LogP contribution in [-0.2, 0) is 0 Å². The average Bonchev–Trinajstić information content (AvgIpc) is 2.75. The van der Waals surface area contributed by atoms with Crippen molar-refractivity contribution in [1.29, 1.82) is 0 Å². The number of halogens is 2. The van der Waals surface area contributed by atoms with Gasteiger partial charge in [0.25, 0.3) is 0 Å². The molecule has 1 aromatic carbocycles. The highest BCUT2D eigenvalue weighted by Crippen LogP contribution is 2.28. The number of pyridine rings is 1. The van der Waals surface area contributed by atoms with Gasteiger partial charge in [-0.1, -0.05) is 23.2 Å². The lowest BCUT2D eigenvalue weighted by Gasteiger charge is -1.99. The van der Waals surface area contributed by atoms with Crippen molar-refractivity contribution < 1.29 is 4.42 Å². The number of rotatable bonds is 1. The standard InChI is InChI=1S/C12H7Cl2N3O/c13-7-4-10-12(16-5-7)18-11(17-10)6-1-2-8(14)9(15)3-6/h1-5H,15H2. The third kappa shape index (κ3) is 1.89. The van der Waals surface area contributed by atoms with E-state index in [2.05, 4.69) is 9.97 Å². The number of hydrogen-bond acceptors (Lipinski definition) is 4. The highest BCUT2D eigenvalue weighted by atomic mass is 35.5. The summed E-state index contributed by atoms with van der Waals surface area (Å²) in [4.78, 5) is 8.35. The van der Waals surface area contributed by atoms with Crippen LogP contribution in [0.5, 0.6) is 0 Å². The van der Waals surface area contributed by atoms with Crippen molar-refractivity contribution in [3.8, 4) is 11.5 Å². The van der Waals surface area contributed by atoms with Gasteiger partial charge in [-0.2, -0.15) is 0 Å². The van der Waals surface area contributed by atoms with Crippen LogP contribution in [0.3, 0.4) is 0 Å². The maximum atomic E-state index is 5.86. The van der Waals surface area contributed by atoms with Crippen LogP contribution in [0.15, 0.2) is 34.9 Å². The Hall–Kier alpha value is -1.78. The van der Waals surface area contributed by atoms with Crippen molar-refractivity contribution in [2.75, 3.05) is 5.73 Å². The molecule has 3 aromatic rings. The molecule has 0 bridgehead atoms. The molecule has 2 heterocycles. The topological polar surface area (TPSA) is 64.9 Å². The normalized spacial score (nSPS) is 11.0. The van der Waals surface area contributed by atoms with E-state index in [9.17, 15) is 0 Å². The van der Waals surface area contributed by atoms with Crippen LogP contribution in [0.2, 0.25) is 10.0 Å². The molecular formula is C12H7Cl2N3O. The third-order valence-corrected chi connectivity index (χ3v) is 3.01. The fourth-order valence-electron chi connectivity index (χ4n) is 1.60. The predicted molar refractivity (Wildman–Crippen MR) is 71.7 cm³/mol. The number of oxazole rings is 1. The Morgan fingerprint density at radius 3 is 2.78 bits per heavy atom. The van der Waals surface area contributed by atoms with Gasteiger partial charge in [-0.3, -0.25) is 0 Å². The van der Waals surface area contributed by atoms with Gasteiger partial charge in [-0.05, 0) is 24.3 Å². The minimum absolute atomic E-state index is 0.433. The van der Waals surface area contributed by atoms with E-state index < -0.39 is 0 Å². The number of fused-ring (bicyclic) bond motifs is 1. The van der Waals surface area contributed by atoms with Crippen molar-refractivity contribution >= 4 is 40.1 Å².